The lowest BCUT2D eigenvalue weighted by Crippen LogP contribution is -2.47. The van der Waals surface area contributed by atoms with Gasteiger partial charge >= 0.3 is 0 Å². The zero-order valence-corrected chi connectivity index (χ0v) is 12.9. The molecule has 2 aliphatic heterocycles. The normalized spacial score (nSPS) is 36.6. The topological polar surface area (TPSA) is 46.5 Å². The van der Waals surface area contributed by atoms with Gasteiger partial charge in [-0.2, -0.15) is 0 Å². The van der Waals surface area contributed by atoms with Crippen molar-refractivity contribution in [2.45, 2.75) is 55.1 Å². The first-order valence-corrected chi connectivity index (χ1v) is 8.58. The molecular weight excluding hydrogens is 272 g/mol. The summed E-state index contributed by atoms with van der Waals surface area (Å²) in [7, 11) is 0.896. The van der Waals surface area contributed by atoms with E-state index in [2.05, 4.69) is 0 Å². The molecule has 0 spiro atoms. The summed E-state index contributed by atoms with van der Waals surface area (Å²) < 4.78 is 17.5. The van der Waals surface area contributed by atoms with Crippen molar-refractivity contribution in [3.05, 3.63) is 29.3 Å². The van der Waals surface area contributed by atoms with Gasteiger partial charge in [0.05, 0.1) is 12.7 Å². The van der Waals surface area contributed by atoms with E-state index in [1.54, 1.807) is 7.11 Å². The van der Waals surface area contributed by atoms with E-state index >= 15 is 0 Å². The van der Waals surface area contributed by atoms with Gasteiger partial charge in [-0.25, -0.2) is 0 Å². The first kappa shape index (κ1) is 14.1. The van der Waals surface area contributed by atoms with E-state index in [4.69, 9.17) is 4.74 Å². The standard InChI is InChI=1S/C16H22O3S/c1-11-8-12(19-2)6-7-15(11)16(17)9-13-4-3-5-14(10-16)20(13)18/h6-8,13-14,17H,3-5,9-10H2,1-2H3. The molecule has 2 saturated heterocycles. The summed E-state index contributed by atoms with van der Waals surface area (Å²) in [5, 5.41) is 11.5. The maximum atomic E-state index is 12.3. The third kappa shape index (κ3) is 2.29. The van der Waals surface area contributed by atoms with Crippen LogP contribution in [0.2, 0.25) is 0 Å². The molecular formula is C16H22O3S. The van der Waals surface area contributed by atoms with Gasteiger partial charge in [-0.15, -0.1) is 0 Å². The van der Waals surface area contributed by atoms with Gasteiger partial charge in [-0.1, -0.05) is 12.5 Å². The van der Waals surface area contributed by atoms with Crippen LogP contribution in [0.25, 0.3) is 0 Å². The molecule has 1 aromatic rings. The predicted molar refractivity (Wildman–Crippen MR) is 80.4 cm³/mol. The minimum absolute atomic E-state index is 0.161. The molecule has 20 heavy (non-hydrogen) atoms. The highest BCUT2D eigenvalue weighted by Gasteiger charge is 2.46. The number of hydrogen-bond donors (Lipinski definition) is 1. The van der Waals surface area contributed by atoms with Crippen molar-refractivity contribution in [3.8, 4) is 5.75 Å². The van der Waals surface area contributed by atoms with E-state index in [0.29, 0.717) is 12.8 Å². The van der Waals surface area contributed by atoms with Crippen molar-refractivity contribution in [3.63, 3.8) is 0 Å². The summed E-state index contributed by atoms with van der Waals surface area (Å²) in [5.41, 5.74) is 1.21. The first-order valence-electron chi connectivity index (χ1n) is 7.30. The van der Waals surface area contributed by atoms with Crippen LogP contribution < -0.4 is 4.74 Å². The zero-order valence-electron chi connectivity index (χ0n) is 12.1. The molecule has 3 rings (SSSR count). The number of aliphatic hydroxyl groups is 1. The fourth-order valence-corrected chi connectivity index (χ4v) is 6.01. The van der Waals surface area contributed by atoms with Crippen LogP contribution in [-0.2, 0) is 16.4 Å². The SMILES string of the molecule is COc1ccc(C2(O)CC3CCCC(C2)S3=O)c(C)c1. The second kappa shape index (κ2) is 5.15. The number of ether oxygens (including phenoxy) is 1. The molecule has 0 radical (unpaired) electrons. The maximum absolute atomic E-state index is 12.3. The lowest BCUT2D eigenvalue weighted by molar-refractivity contribution is 0.00595. The van der Waals surface area contributed by atoms with Crippen LogP contribution in [0, 0.1) is 6.92 Å². The van der Waals surface area contributed by atoms with Crippen LogP contribution in [0.3, 0.4) is 0 Å². The Hall–Kier alpha value is -0.870. The molecule has 0 amide bonds. The van der Waals surface area contributed by atoms with Gasteiger partial charge in [0.25, 0.3) is 0 Å². The van der Waals surface area contributed by atoms with E-state index in [-0.39, 0.29) is 10.5 Å². The van der Waals surface area contributed by atoms with Gasteiger partial charge in [-0.3, -0.25) is 4.21 Å². The average molecular weight is 294 g/mol. The summed E-state index contributed by atoms with van der Waals surface area (Å²) in [6, 6.07) is 5.84. The number of benzene rings is 1. The third-order valence-electron chi connectivity index (χ3n) is 4.77. The summed E-state index contributed by atoms with van der Waals surface area (Å²) >= 11 is 0. The number of rotatable bonds is 2. The van der Waals surface area contributed by atoms with Gasteiger partial charge in [-0.05, 0) is 55.9 Å². The van der Waals surface area contributed by atoms with Crippen molar-refractivity contribution < 1.29 is 14.1 Å². The molecule has 0 aromatic heterocycles. The fraction of sp³-hybridized carbons (Fsp3) is 0.625. The fourth-order valence-electron chi connectivity index (χ4n) is 3.79. The number of fused-ring (bicyclic) bond motifs is 2. The Bertz CT molecular complexity index is 525. The highest BCUT2D eigenvalue weighted by Crippen LogP contribution is 2.45. The van der Waals surface area contributed by atoms with Crippen molar-refractivity contribution in [1.29, 1.82) is 0 Å². The van der Waals surface area contributed by atoms with E-state index in [0.717, 1.165) is 36.1 Å². The summed E-state index contributed by atoms with van der Waals surface area (Å²) in [6.45, 7) is 2.01. The summed E-state index contributed by atoms with van der Waals surface area (Å²) in [4.78, 5) is 0. The first-order chi connectivity index (χ1) is 9.53. The summed E-state index contributed by atoms with van der Waals surface area (Å²) in [5.74, 6) is 0.814. The monoisotopic (exact) mass is 294 g/mol. The number of aryl methyl sites for hydroxylation is 1. The van der Waals surface area contributed by atoms with E-state index < -0.39 is 16.4 Å². The Labute approximate surface area is 122 Å². The quantitative estimate of drug-likeness (QED) is 0.912. The van der Waals surface area contributed by atoms with Gasteiger partial charge in [0, 0.05) is 21.3 Å². The molecule has 2 atom stereocenters. The van der Waals surface area contributed by atoms with Crippen LogP contribution >= 0.6 is 0 Å². The average Bonchev–Trinajstić information content (AvgIpc) is 2.40. The van der Waals surface area contributed by atoms with Gasteiger partial charge in [0.1, 0.15) is 5.75 Å². The van der Waals surface area contributed by atoms with Crippen LogP contribution in [0.5, 0.6) is 5.75 Å². The van der Waals surface area contributed by atoms with Crippen LogP contribution in [0.15, 0.2) is 18.2 Å². The molecule has 0 aliphatic carbocycles. The molecule has 3 nitrogen and oxygen atoms in total. The highest BCUT2D eigenvalue weighted by atomic mass is 32.2. The predicted octanol–water partition coefficient (Wildman–Crippen LogP) is 2.65. The Morgan fingerprint density at radius 3 is 2.50 bits per heavy atom. The Morgan fingerprint density at radius 1 is 1.30 bits per heavy atom. The zero-order chi connectivity index (χ0) is 14.3. The van der Waals surface area contributed by atoms with Crippen molar-refractivity contribution in [2.24, 2.45) is 0 Å². The van der Waals surface area contributed by atoms with Crippen molar-refractivity contribution in [1.82, 2.24) is 0 Å². The smallest absolute Gasteiger partial charge is 0.119 e. The molecule has 2 fully saturated rings. The minimum Gasteiger partial charge on any atom is -0.497 e. The van der Waals surface area contributed by atoms with E-state index in [1.807, 2.05) is 25.1 Å². The number of methoxy groups -OCH3 is 1. The lowest BCUT2D eigenvalue weighted by Gasteiger charge is -2.44. The second-order valence-electron chi connectivity index (χ2n) is 6.12. The molecule has 1 N–H and O–H groups in total. The highest BCUT2D eigenvalue weighted by molar-refractivity contribution is 7.86. The Morgan fingerprint density at radius 2 is 1.95 bits per heavy atom. The Kier molecular flexibility index (Phi) is 3.63. The molecule has 2 aliphatic rings. The molecule has 110 valence electrons. The minimum atomic E-state index is -0.819. The van der Waals surface area contributed by atoms with E-state index in [9.17, 15) is 9.32 Å². The summed E-state index contributed by atoms with van der Waals surface area (Å²) in [6.07, 6.45) is 4.38. The van der Waals surface area contributed by atoms with Crippen LogP contribution in [0.4, 0.5) is 0 Å². The lowest BCUT2D eigenvalue weighted by atomic mass is 9.79. The van der Waals surface area contributed by atoms with Gasteiger partial charge in [0.2, 0.25) is 0 Å². The largest absolute Gasteiger partial charge is 0.497 e. The van der Waals surface area contributed by atoms with Crippen molar-refractivity contribution >= 4 is 10.8 Å². The van der Waals surface area contributed by atoms with Gasteiger partial charge in [0.15, 0.2) is 0 Å². The second-order valence-corrected chi connectivity index (χ2v) is 8.11. The molecule has 2 heterocycles. The third-order valence-corrected chi connectivity index (χ3v) is 6.89. The molecule has 1 aromatic carbocycles. The van der Waals surface area contributed by atoms with Crippen LogP contribution in [0.1, 0.15) is 43.2 Å². The van der Waals surface area contributed by atoms with Crippen molar-refractivity contribution in [2.75, 3.05) is 7.11 Å². The van der Waals surface area contributed by atoms with Crippen LogP contribution in [-0.4, -0.2) is 26.9 Å². The molecule has 2 unspecified atom stereocenters. The molecule has 0 saturated carbocycles. The molecule has 4 heteroatoms. The molecule has 2 bridgehead atoms. The van der Waals surface area contributed by atoms with E-state index in [1.165, 1.54) is 0 Å². The Balaban J connectivity index is 1.95. The van der Waals surface area contributed by atoms with Gasteiger partial charge < -0.3 is 9.84 Å². The maximum Gasteiger partial charge on any atom is 0.119 e. The number of hydrogen-bond acceptors (Lipinski definition) is 3.